The van der Waals surface area contributed by atoms with Gasteiger partial charge in [-0.3, -0.25) is 4.99 Å². The van der Waals surface area contributed by atoms with Crippen molar-refractivity contribution in [1.82, 2.24) is 0 Å². The van der Waals surface area contributed by atoms with Crippen LogP contribution >= 0.6 is 0 Å². The van der Waals surface area contributed by atoms with Gasteiger partial charge in [-0.1, -0.05) is 17.7 Å². The van der Waals surface area contributed by atoms with E-state index in [9.17, 15) is 0 Å². The molecule has 1 aliphatic heterocycles. The molecule has 1 nitrogen and oxygen atoms in total. The van der Waals surface area contributed by atoms with Crippen LogP contribution < -0.4 is 0 Å². The molecule has 0 aromatic carbocycles. The number of rotatable bonds is 0. The molecule has 1 atom stereocenters. The van der Waals surface area contributed by atoms with Gasteiger partial charge in [-0.2, -0.15) is 0 Å². The van der Waals surface area contributed by atoms with E-state index in [4.69, 9.17) is 0 Å². The van der Waals surface area contributed by atoms with E-state index in [0.717, 1.165) is 12.1 Å². The van der Waals surface area contributed by atoms with Gasteiger partial charge in [0.05, 0.1) is 6.04 Å². The Morgan fingerprint density at radius 3 is 2.82 bits per heavy atom. The topological polar surface area (TPSA) is 12.4 Å². The zero-order valence-corrected chi connectivity index (χ0v) is 7.46. The molecule has 11 heavy (non-hydrogen) atoms. The summed E-state index contributed by atoms with van der Waals surface area (Å²) in [5, 5.41) is 0. The first-order chi connectivity index (χ1) is 5.18. The standard InChI is InChI=1S/C10H15N/c1-8-4-6-9(2)11-10(3)7-5-8/h4-6,10H,7H2,1-3H3/b6-4?,8-5+,11-9?. The minimum atomic E-state index is 0.440. The number of nitrogens with zero attached hydrogens (tertiary/aromatic N) is 1. The Balaban J connectivity index is 2.82. The van der Waals surface area contributed by atoms with Crippen molar-refractivity contribution in [3.05, 3.63) is 23.8 Å². The molecule has 1 heterocycles. The molecule has 0 aromatic heterocycles. The van der Waals surface area contributed by atoms with Gasteiger partial charge in [0.15, 0.2) is 0 Å². The SMILES string of the molecule is CC1=NC(C)C/C=C(\C)C=C1. The number of hydrogen-bond acceptors (Lipinski definition) is 1. The van der Waals surface area contributed by atoms with Crippen LogP contribution in [0.25, 0.3) is 0 Å². The third-order valence-corrected chi connectivity index (χ3v) is 1.79. The van der Waals surface area contributed by atoms with Crippen LogP contribution in [-0.4, -0.2) is 11.8 Å². The van der Waals surface area contributed by atoms with Crippen LogP contribution in [0.15, 0.2) is 28.8 Å². The van der Waals surface area contributed by atoms with E-state index in [0.29, 0.717) is 6.04 Å². The van der Waals surface area contributed by atoms with E-state index in [2.05, 4.69) is 37.1 Å². The quantitative estimate of drug-likeness (QED) is 0.502. The summed E-state index contributed by atoms with van der Waals surface area (Å²) in [5.74, 6) is 0. The molecule has 0 amide bonds. The van der Waals surface area contributed by atoms with Gasteiger partial charge in [0, 0.05) is 5.71 Å². The second kappa shape index (κ2) is 3.51. The Kier molecular flexibility index (Phi) is 2.64. The molecule has 0 bridgehead atoms. The summed E-state index contributed by atoms with van der Waals surface area (Å²) in [6.07, 6.45) is 7.48. The molecule has 0 saturated heterocycles. The first-order valence-electron chi connectivity index (χ1n) is 4.08. The van der Waals surface area contributed by atoms with Crippen molar-refractivity contribution < 1.29 is 0 Å². The summed E-state index contributed by atoms with van der Waals surface area (Å²) in [6.45, 7) is 6.32. The maximum absolute atomic E-state index is 4.46. The van der Waals surface area contributed by atoms with Gasteiger partial charge in [-0.05, 0) is 33.3 Å². The molecule has 60 valence electrons. The van der Waals surface area contributed by atoms with Crippen LogP contribution in [0.2, 0.25) is 0 Å². The molecule has 0 N–H and O–H groups in total. The summed E-state index contributed by atoms with van der Waals surface area (Å²) in [4.78, 5) is 4.46. The van der Waals surface area contributed by atoms with Crippen molar-refractivity contribution in [3.8, 4) is 0 Å². The van der Waals surface area contributed by atoms with E-state index in [1.54, 1.807) is 0 Å². The molecule has 1 rings (SSSR count). The van der Waals surface area contributed by atoms with Gasteiger partial charge in [0.25, 0.3) is 0 Å². The highest BCUT2D eigenvalue weighted by Gasteiger charge is 1.98. The molecule has 0 fully saturated rings. The molecule has 1 unspecified atom stereocenters. The predicted octanol–water partition coefficient (Wildman–Crippen LogP) is 2.74. The maximum atomic E-state index is 4.46. The molecular weight excluding hydrogens is 134 g/mol. The molecule has 0 spiro atoms. The van der Waals surface area contributed by atoms with Crippen LogP contribution in [-0.2, 0) is 0 Å². The zero-order valence-electron chi connectivity index (χ0n) is 7.46. The van der Waals surface area contributed by atoms with Gasteiger partial charge in [0.2, 0.25) is 0 Å². The first-order valence-corrected chi connectivity index (χ1v) is 4.08. The van der Waals surface area contributed by atoms with Crippen LogP contribution in [0.5, 0.6) is 0 Å². The van der Waals surface area contributed by atoms with Crippen molar-refractivity contribution >= 4 is 5.71 Å². The Morgan fingerprint density at radius 2 is 2.09 bits per heavy atom. The Labute approximate surface area is 68.5 Å². The second-order valence-corrected chi connectivity index (χ2v) is 3.14. The number of aliphatic imine (C=N–C) groups is 1. The number of allylic oxidation sites excluding steroid dienone is 3. The molecule has 0 radical (unpaired) electrons. The van der Waals surface area contributed by atoms with Crippen molar-refractivity contribution in [1.29, 1.82) is 0 Å². The molecule has 0 saturated carbocycles. The van der Waals surface area contributed by atoms with E-state index in [1.165, 1.54) is 5.57 Å². The minimum Gasteiger partial charge on any atom is -0.287 e. The van der Waals surface area contributed by atoms with Gasteiger partial charge < -0.3 is 0 Å². The Bertz CT molecular complexity index is 221. The maximum Gasteiger partial charge on any atom is 0.0509 e. The van der Waals surface area contributed by atoms with Crippen molar-refractivity contribution in [3.63, 3.8) is 0 Å². The predicted molar refractivity (Wildman–Crippen MR) is 50.1 cm³/mol. The lowest BCUT2D eigenvalue weighted by atomic mass is 10.1. The highest BCUT2D eigenvalue weighted by Crippen LogP contribution is 2.07. The van der Waals surface area contributed by atoms with Crippen molar-refractivity contribution in [2.45, 2.75) is 33.2 Å². The fourth-order valence-corrected chi connectivity index (χ4v) is 1.12. The molecular formula is C10H15N. The third-order valence-electron chi connectivity index (χ3n) is 1.79. The summed E-state index contributed by atoms with van der Waals surface area (Å²) in [6, 6.07) is 0.440. The second-order valence-electron chi connectivity index (χ2n) is 3.14. The minimum absolute atomic E-state index is 0.440. The lowest BCUT2D eigenvalue weighted by molar-refractivity contribution is 0.756. The smallest absolute Gasteiger partial charge is 0.0509 e. The third kappa shape index (κ3) is 2.71. The fraction of sp³-hybridized carbons (Fsp3) is 0.500. The molecule has 0 aromatic rings. The summed E-state index contributed by atoms with van der Waals surface area (Å²) in [5.41, 5.74) is 2.47. The lowest BCUT2D eigenvalue weighted by Crippen LogP contribution is -2.01. The highest BCUT2D eigenvalue weighted by molar-refractivity contribution is 5.93. The fourth-order valence-electron chi connectivity index (χ4n) is 1.12. The van der Waals surface area contributed by atoms with E-state index < -0.39 is 0 Å². The molecule has 1 aliphatic rings. The van der Waals surface area contributed by atoms with E-state index >= 15 is 0 Å². The summed E-state index contributed by atoms with van der Waals surface area (Å²) in [7, 11) is 0. The van der Waals surface area contributed by atoms with Gasteiger partial charge in [-0.25, -0.2) is 0 Å². The van der Waals surface area contributed by atoms with Crippen LogP contribution in [0.3, 0.4) is 0 Å². The zero-order chi connectivity index (χ0) is 8.27. The van der Waals surface area contributed by atoms with Gasteiger partial charge in [-0.15, -0.1) is 0 Å². The number of hydrogen-bond donors (Lipinski definition) is 0. The van der Waals surface area contributed by atoms with E-state index in [1.807, 2.05) is 6.92 Å². The largest absolute Gasteiger partial charge is 0.287 e. The van der Waals surface area contributed by atoms with Gasteiger partial charge >= 0.3 is 0 Å². The summed E-state index contributed by atoms with van der Waals surface area (Å²) < 4.78 is 0. The average molecular weight is 149 g/mol. The van der Waals surface area contributed by atoms with E-state index in [-0.39, 0.29) is 0 Å². The highest BCUT2D eigenvalue weighted by atomic mass is 14.8. The summed E-state index contributed by atoms with van der Waals surface area (Å²) >= 11 is 0. The van der Waals surface area contributed by atoms with Crippen molar-refractivity contribution in [2.24, 2.45) is 4.99 Å². The monoisotopic (exact) mass is 149 g/mol. The lowest BCUT2D eigenvalue weighted by Gasteiger charge is -2.06. The normalized spacial score (nSPS) is 29.9. The average Bonchev–Trinajstić information content (AvgIpc) is 1.95. The Morgan fingerprint density at radius 1 is 1.36 bits per heavy atom. The Hall–Kier alpha value is -0.850. The first kappa shape index (κ1) is 8.25. The van der Waals surface area contributed by atoms with Crippen molar-refractivity contribution in [2.75, 3.05) is 0 Å². The van der Waals surface area contributed by atoms with Crippen LogP contribution in [0.4, 0.5) is 0 Å². The molecule has 0 aliphatic carbocycles. The van der Waals surface area contributed by atoms with Gasteiger partial charge in [0.1, 0.15) is 0 Å². The van der Waals surface area contributed by atoms with Crippen LogP contribution in [0.1, 0.15) is 27.2 Å². The molecule has 1 heteroatoms. The van der Waals surface area contributed by atoms with Crippen LogP contribution in [0, 0.1) is 0 Å².